The number of carbonyl (C=O) groups excluding carboxylic acids is 1. The number of hydrogen-bond acceptors (Lipinski definition) is 5. The number of amides is 1. The van der Waals surface area contributed by atoms with Crippen molar-refractivity contribution >= 4 is 22.5 Å². The molecule has 0 radical (unpaired) electrons. The second-order valence-electron chi connectivity index (χ2n) is 6.32. The van der Waals surface area contributed by atoms with E-state index in [2.05, 4.69) is 25.6 Å². The molecule has 1 saturated carbocycles. The Morgan fingerprint density at radius 3 is 3.00 bits per heavy atom. The Labute approximate surface area is 138 Å². The van der Waals surface area contributed by atoms with Crippen LogP contribution in [0.25, 0.3) is 16.6 Å². The topological polar surface area (TPSA) is 108 Å². The molecule has 0 bridgehead atoms. The minimum atomic E-state index is -0.0197. The van der Waals surface area contributed by atoms with Crippen molar-refractivity contribution < 1.29 is 9.90 Å². The zero-order chi connectivity index (χ0) is 16.5. The summed E-state index contributed by atoms with van der Waals surface area (Å²) in [6.07, 6.45) is 7.06. The molecule has 126 valence electrons. The third kappa shape index (κ3) is 2.52. The second kappa shape index (κ2) is 6.20. The van der Waals surface area contributed by atoms with Gasteiger partial charge in [0.25, 0.3) is 0 Å². The van der Waals surface area contributed by atoms with E-state index in [4.69, 9.17) is 5.11 Å². The lowest BCUT2D eigenvalue weighted by atomic mass is 9.79. The Morgan fingerprint density at radius 2 is 2.21 bits per heavy atom. The van der Waals surface area contributed by atoms with Crippen LogP contribution >= 0.6 is 0 Å². The Bertz CT molecular complexity index is 862. The summed E-state index contributed by atoms with van der Waals surface area (Å²) in [6.45, 7) is 0.306. The smallest absolute Gasteiger partial charge is 0.223 e. The van der Waals surface area contributed by atoms with Gasteiger partial charge >= 0.3 is 0 Å². The largest absolute Gasteiger partial charge is 0.395 e. The molecule has 4 rings (SSSR count). The molecule has 0 spiro atoms. The molecule has 8 heteroatoms. The number of nitrogens with zero attached hydrogens (tertiary/aromatic N) is 4. The van der Waals surface area contributed by atoms with Crippen molar-refractivity contribution in [3.8, 4) is 0 Å². The van der Waals surface area contributed by atoms with Crippen molar-refractivity contribution in [3.63, 3.8) is 0 Å². The average molecular weight is 328 g/mol. The molecule has 0 unspecified atom stereocenters. The molecule has 1 amide bonds. The van der Waals surface area contributed by atoms with E-state index in [1.54, 1.807) is 10.8 Å². The van der Waals surface area contributed by atoms with Crippen LogP contribution in [0.2, 0.25) is 0 Å². The maximum atomic E-state index is 12.0. The number of aromatic amines is 1. The van der Waals surface area contributed by atoms with Gasteiger partial charge in [-0.05, 0) is 31.7 Å². The van der Waals surface area contributed by atoms with Crippen molar-refractivity contribution in [2.45, 2.75) is 31.6 Å². The first kappa shape index (κ1) is 15.1. The van der Waals surface area contributed by atoms with Crippen molar-refractivity contribution in [2.24, 2.45) is 5.92 Å². The first-order valence-electron chi connectivity index (χ1n) is 8.33. The summed E-state index contributed by atoms with van der Waals surface area (Å²) in [4.78, 5) is 19.5. The second-order valence-corrected chi connectivity index (χ2v) is 6.32. The van der Waals surface area contributed by atoms with Crippen LogP contribution in [0.1, 0.15) is 37.3 Å². The summed E-state index contributed by atoms with van der Waals surface area (Å²) in [5, 5.41) is 21.2. The third-order valence-corrected chi connectivity index (χ3v) is 4.89. The summed E-state index contributed by atoms with van der Waals surface area (Å²) < 4.78 is 1.73. The van der Waals surface area contributed by atoms with E-state index in [0.717, 1.165) is 47.9 Å². The highest BCUT2D eigenvalue weighted by molar-refractivity contribution is 5.92. The van der Waals surface area contributed by atoms with Gasteiger partial charge in [-0.15, -0.1) is 5.10 Å². The third-order valence-electron chi connectivity index (χ3n) is 4.89. The molecule has 3 heterocycles. The lowest BCUT2D eigenvalue weighted by Crippen LogP contribution is -2.34. The molecule has 8 nitrogen and oxygen atoms in total. The van der Waals surface area contributed by atoms with Gasteiger partial charge in [-0.2, -0.15) is 0 Å². The predicted octanol–water partition coefficient (Wildman–Crippen LogP) is 0.988. The number of carbonyl (C=O) groups is 1. The molecule has 3 aromatic rings. The zero-order valence-corrected chi connectivity index (χ0v) is 13.3. The highest BCUT2D eigenvalue weighted by Crippen LogP contribution is 2.37. The zero-order valence-electron chi connectivity index (χ0n) is 13.3. The SMILES string of the molecule is O=C(NCCO)[C@H]1CC[C@H](c2nnn3cnc4[nH]ccc4c23)CC1. The van der Waals surface area contributed by atoms with E-state index in [-0.39, 0.29) is 18.4 Å². The summed E-state index contributed by atoms with van der Waals surface area (Å²) in [6, 6.07) is 2.00. The maximum absolute atomic E-state index is 12.0. The van der Waals surface area contributed by atoms with Crippen molar-refractivity contribution in [3.05, 3.63) is 24.3 Å². The molecule has 0 aromatic carbocycles. The van der Waals surface area contributed by atoms with Crippen molar-refractivity contribution in [2.75, 3.05) is 13.2 Å². The number of fused-ring (bicyclic) bond motifs is 3. The summed E-state index contributed by atoms with van der Waals surface area (Å²) >= 11 is 0. The molecule has 0 atom stereocenters. The molecule has 24 heavy (non-hydrogen) atoms. The van der Waals surface area contributed by atoms with Gasteiger partial charge < -0.3 is 15.4 Å². The number of aromatic nitrogens is 5. The summed E-state index contributed by atoms with van der Waals surface area (Å²) in [5.41, 5.74) is 2.84. The van der Waals surface area contributed by atoms with Crippen LogP contribution < -0.4 is 5.32 Å². The van der Waals surface area contributed by atoms with Crippen molar-refractivity contribution in [1.29, 1.82) is 0 Å². The van der Waals surface area contributed by atoms with Gasteiger partial charge in [0, 0.05) is 30.0 Å². The van der Waals surface area contributed by atoms with Crippen LogP contribution in [-0.4, -0.2) is 49.0 Å². The fourth-order valence-electron chi connectivity index (χ4n) is 3.65. The Kier molecular flexibility index (Phi) is 3.89. The Balaban J connectivity index is 1.55. The van der Waals surface area contributed by atoms with Crippen LogP contribution in [-0.2, 0) is 4.79 Å². The van der Waals surface area contributed by atoms with Crippen LogP contribution in [0, 0.1) is 5.92 Å². The van der Waals surface area contributed by atoms with Gasteiger partial charge in [-0.3, -0.25) is 4.79 Å². The van der Waals surface area contributed by atoms with Gasteiger partial charge in [0.15, 0.2) is 0 Å². The molecule has 0 aliphatic heterocycles. The predicted molar refractivity (Wildman–Crippen MR) is 87.4 cm³/mol. The molecule has 1 aliphatic rings. The first-order valence-corrected chi connectivity index (χ1v) is 8.33. The maximum Gasteiger partial charge on any atom is 0.223 e. The number of aliphatic hydroxyl groups excluding tert-OH is 1. The normalized spacial score (nSPS) is 21.4. The van der Waals surface area contributed by atoms with Gasteiger partial charge in [0.2, 0.25) is 5.91 Å². The van der Waals surface area contributed by atoms with E-state index in [0.29, 0.717) is 12.5 Å². The van der Waals surface area contributed by atoms with Gasteiger partial charge in [-0.1, -0.05) is 5.21 Å². The molecular weight excluding hydrogens is 308 g/mol. The fourth-order valence-corrected chi connectivity index (χ4v) is 3.65. The van der Waals surface area contributed by atoms with Gasteiger partial charge in [0.1, 0.15) is 17.5 Å². The molecular formula is C16H20N6O2. The monoisotopic (exact) mass is 328 g/mol. The lowest BCUT2D eigenvalue weighted by molar-refractivity contribution is -0.126. The fraction of sp³-hybridized carbons (Fsp3) is 0.500. The van der Waals surface area contributed by atoms with E-state index in [1.165, 1.54) is 0 Å². The van der Waals surface area contributed by atoms with E-state index in [1.807, 2.05) is 12.3 Å². The number of hydrogen-bond donors (Lipinski definition) is 3. The summed E-state index contributed by atoms with van der Waals surface area (Å²) in [5.74, 6) is 0.390. The average Bonchev–Trinajstić information content (AvgIpc) is 3.25. The van der Waals surface area contributed by atoms with E-state index in [9.17, 15) is 4.79 Å². The highest BCUT2D eigenvalue weighted by Gasteiger charge is 2.29. The van der Waals surface area contributed by atoms with E-state index < -0.39 is 0 Å². The number of rotatable bonds is 4. The standard InChI is InChI=1S/C16H20N6O2/c23-8-7-18-16(24)11-3-1-10(2-4-11)13-14-12-5-6-17-15(12)19-9-22(14)21-20-13/h5-6,9-11,17,23H,1-4,7-8H2,(H,18,24)/t10-,11-. The summed E-state index contributed by atoms with van der Waals surface area (Å²) in [7, 11) is 0. The Hall–Kier alpha value is -2.48. The van der Waals surface area contributed by atoms with Gasteiger partial charge in [0.05, 0.1) is 12.3 Å². The molecule has 3 N–H and O–H groups in total. The quantitative estimate of drug-likeness (QED) is 0.662. The molecule has 1 fully saturated rings. The Morgan fingerprint density at radius 1 is 1.38 bits per heavy atom. The highest BCUT2D eigenvalue weighted by atomic mass is 16.3. The van der Waals surface area contributed by atoms with Crippen LogP contribution in [0.15, 0.2) is 18.6 Å². The minimum absolute atomic E-state index is 0.0197. The van der Waals surface area contributed by atoms with E-state index >= 15 is 0 Å². The van der Waals surface area contributed by atoms with Crippen LogP contribution in [0.4, 0.5) is 0 Å². The number of aliphatic hydroxyl groups is 1. The van der Waals surface area contributed by atoms with Crippen molar-refractivity contribution in [1.82, 2.24) is 30.1 Å². The molecule has 3 aromatic heterocycles. The molecule has 1 aliphatic carbocycles. The number of nitrogens with one attached hydrogen (secondary N) is 2. The lowest BCUT2D eigenvalue weighted by Gasteiger charge is -2.26. The number of H-pyrrole nitrogens is 1. The van der Waals surface area contributed by atoms with Crippen LogP contribution in [0.5, 0.6) is 0 Å². The van der Waals surface area contributed by atoms with Crippen LogP contribution in [0.3, 0.4) is 0 Å². The minimum Gasteiger partial charge on any atom is -0.395 e. The first-order chi connectivity index (χ1) is 11.8. The molecule has 0 saturated heterocycles. The van der Waals surface area contributed by atoms with Gasteiger partial charge in [-0.25, -0.2) is 9.50 Å².